The van der Waals surface area contributed by atoms with Crippen LogP contribution in [0.2, 0.25) is 0 Å². The van der Waals surface area contributed by atoms with Crippen LogP contribution in [0.25, 0.3) is 32.7 Å². The van der Waals surface area contributed by atoms with Crippen LogP contribution in [0.3, 0.4) is 0 Å². The van der Waals surface area contributed by atoms with E-state index >= 15 is 0 Å². The van der Waals surface area contributed by atoms with Gasteiger partial charge in [0.1, 0.15) is 50.9 Å². The van der Waals surface area contributed by atoms with E-state index in [9.17, 15) is 29.7 Å². The lowest BCUT2D eigenvalue weighted by Crippen LogP contribution is -1.87. The van der Waals surface area contributed by atoms with Gasteiger partial charge in [-0.25, -0.2) is 15.0 Å². The van der Waals surface area contributed by atoms with E-state index in [1.807, 2.05) is 18.2 Å². The second-order valence-electron chi connectivity index (χ2n) is 8.11. The third kappa shape index (κ3) is 6.82. The first-order chi connectivity index (χ1) is 18.9. The summed E-state index contributed by atoms with van der Waals surface area (Å²) in [5.74, 6) is 0.295. The molecule has 0 aliphatic heterocycles. The van der Waals surface area contributed by atoms with Gasteiger partial charge in [0.2, 0.25) is 0 Å². The smallest absolute Gasteiger partial charge is 0.187 e. The number of phenolic OH excluding ortho intramolecular Hbond substituents is 3. The monoisotopic (exact) mass is 549 g/mol. The van der Waals surface area contributed by atoms with Gasteiger partial charge in [-0.3, -0.25) is 14.4 Å². The molecule has 10 heteroatoms. The molecule has 40 heavy (non-hydrogen) atoms. The van der Waals surface area contributed by atoms with Gasteiger partial charge in [0, 0.05) is 16.2 Å². The van der Waals surface area contributed by atoms with Gasteiger partial charge < -0.3 is 15.3 Å². The molecule has 198 valence electrons. The summed E-state index contributed by atoms with van der Waals surface area (Å²) in [6, 6.07) is 25.5. The molecular weight excluding hydrogens is 525 g/mol. The summed E-state index contributed by atoms with van der Waals surface area (Å²) in [6.07, 6.45) is 1.98. The number of hydrogen-bond donors (Lipinski definition) is 3. The number of fused-ring (bicyclic) bond motifs is 3. The summed E-state index contributed by atoms with van der Waals surface area (Å²) in [5.41, 5.74) is 2.38. The highest BCUT2D eigenvalue weighted by molar-refractivity contribution is 5.89. The van der Waals surface area contributed by atoms with Gasteiger partial charge in [-0.05, 0) is 36.4 Å². The number of aromatic nitrogens is 3. The van der Waals surface area contributed by atoms with E-state index in [2.05, 4.69) is 15.0 Å². The van der Waals surface area contributed by atoms with Crippen molar-refractivity contribution in [1.29, 1.82) is 0 Å². The Morgan fingerprint density at radius 2 is 0.700 bits per heavy atom. The third-order valence-corrected chi connectivity index (χ3v) is 5.52. The lowest BCUT2D eigenvalue weighted by atomic mass is 10.2. The van der Waals surface area contributed by atoms with Crippen LogP contribution in [-0.4, -0.2) is 66.5 Å². The molecule has 0 radical (unpaired) electrons. The molecule has 0 spiro atoms. The van der Waals surface area contributed by atoms with E-state index in [1.165, 1.54) is 0 Å². The molecular formula is C30H24AlN3O6. The third-order valence-electron chi connectivity index (χ3n) is 5.52. The molecule has 6 rings (SSSR count). The summed E-state index contributed by atoms with van der Waals surface area (Å²) in [5, 5.41) is 30.7. The molecule has 3 N–H and O–H groups in total. The number of rotatable bonds is 3. The average molecular weight is 550 g/mol. The Morgan fingerprint density at radius 3 is 0.950 bits per heavy atom. The van der Waals surface area contributed by atoms with Crippen molar-refractivity contribution in [3.63, 3.8) is 0 Å². The fraction of sp³-hybridized carbons (Fsp3) is 0. The summed E-state index contributed by atoms with van der Waals surface area (Å²) in [6.45, 7) is 0. The molecule has 0 aliphatic carbocycles. The fourth-order valence-corrected chi connectivity index (χ4v) is 3.64. The van der Waals surface area contributed by atoms with Gasteiger partial charge in [-0.2, -0.15) is 0 Å². The minimum Gasteiger partial charge on any atom is -0.506 e. The van der Waals surface area contributed by atoms with Crippen molar-refractivity contribution in [2.24, 2.45) is 0 Å². The number of nitrogens with zero attached hydrogens (tertiary/aromatic N) is 3. The number of para-hydroxylation sites is 3. The number of pyridine rings is 3. The van der Waals surface area contributed by atoms with Crippen molar-refractivity contribution in [1.82, 2.24) is 15.0 Å². The Kier molecular flexibility index (Phi) is 9.97. The SMILES string of the molecule is O=Cc1ccc2cccc(O)c2n1.O=Cc1ccc2cccc(O)c2n1.O=Cc1ccc2cccc(O)c2n1.[AlH3]. The summed E-state index contributed by atoms with van der Waals surface area (Å²) in [4.78, 5) is 43.2. The van der Waals surface area contributed by atoms with E-state index in [0.29, 0.717) is 52.5 Å². The minimum absolute atomic E-state index is 0. The Bertz CT molecular complexity index is 1620. The predicted octanol–water partition coefficient (Wildman–Crippen LogP) is 4.07. The summed E-state index contributed by atoms with van der Waals surface area (Å²) in [7, 11) is 0. The van der Waals surface area contributed by atoms with Crippen LogP contribution in [0.4, 0.5) is 0 Å². The lowest BCUT2D eigenvalue weighted by molar-refractivity contribution is 0.111. The molecule has 3 heterocycles. The second-order valence-corrected chi connectivity index (χ2v) is 8.11. The first-order valence-corrected chi connectivity index (χ1v) is 11.5. The van der Waals surface area contributed by atoms with Crippen molar-refractivity contribution in [2.45, 2.75) is 0 Å². The number of aldehydes is 3. The zero-order valence-corrected chi connectivity index (χ0v) is 20.3. The summed E-state index contributed by atoms with van der Waals surface area (Å²) < 4.78 is 0. The second kappa shape index (κ2) is 13.6. The Balaban J connectivity index is 0.000000163. The van der Waals surface area contributed by atoms with Crippen LogP contribution >= 0.6 is 0 Å². The molecule has 0 amide bonds. The number of phenols is 3. The van der Waals surface area contributed by atoms with Crippen molar-refractivity contribution in [2.75, 3.05) is 0 Å². The molecule has 0 atom stereocenters. The molecule has 0 bridgehead atoms. The molecule has 0 saturated heterocycles. The molecule has 6 aromatic rings. The predicted molar refractivity (Wildman–Crippen MR) is 156 cm³/mol. The quantitative estimate of drug-likeness (QED) is 0.219. The highest BCUT2D eigenvalue weighted by atomic mass is 27.0. The Labute approximate surface area is 238 Å². The van der Waals surface area contributed by atoms with Gasteiger partial charge >= 0.3 is 0 Å². The fourth-order valence-electron chi connectivity index (χ4n) is 3.64. The number of aromatic hydroxyl groups is 3. The number of hydrogen-bond acceptors (Lipinski definition) is 9. The van der Waals surface area contributed by atoms with Gasteiger partial charge in [0.15, 0.2) is 36.2 Å². The maximum Gasteiger partial charge on any atom is 0.187 e. The van der Waals surface area contributed by atoms with E-state index < -0.39 is 0 Å². The normalized spacial score (nSPS) is 9.90. The molecule has 0 unspecified atom stereocenters. The van der Waals surface area contributed by atoms with Crippen molar-refractivity contribution < 1.29 is 29.7 Å². The summed E-state index contributed by atoms with van der Waals surface area (Å²) >= 11 is 0. The van der Waals surface area contributed by atoms with E-state index in [4.69, 9.17) is 0 Å². The topological polar surface area (TPSA) is 151 Å². The van der Waals surface area contributed by atoms with E-state index in [-0.39, 0.29) is 34.6 Å². The van der Waals surface area contributed by atoms with Crippen molar-refractivity contribution in [3.8, 4) is 17.2 Å². The number of carbonyl (C=O) groups excluding carboxylic acids is 3. The van der Waals surface area contributed by atoms with Gasteiger partial charge in [-0.15, -0.1) is 0 Å². The first kappa shape index (κ1) is 29.4. The Morgan fingerprint density at radius 1 is 0.425 bits per heavy atom. The Hall–Kier alpha value is -5.17. The van der Waals surface area contributed by atoms with Crippen LogP contribution in [0.5, 0.6) is 17.2 Å². The minimum atomic E-state index is 0. The van der Waals surface area contributed by atoms with Crippen LogP contribution in [0, 0.1) is 0 Å². The lowest BCUT2D eigenvalue weighted by Gasteiger charge is -1.99. The molecule has 0 fully saturated rings. The van der Waals surface area contributed by atoms with Crippen LogP contribution in [0.15, 0.2) is 91.0 Å². The first-order valence-electron chi connectivity index (χ1n) is 11.5. The van der Waals surface area contributed by atoms with Gasteiger partial charge in [-0.1, -0.05) is 54.6 Å². The standard InChI is InChI=1S/3C10H7NO2.Al.3H/c3*12-6-8-5-4-7-2-1-3-9(13)10(7)11-8;;;;/h3*1-6,13H;;;;. The highest BCUT2D eigenvalue weighted by Gasteiger charge is 2.03. The molecule has 0 aliphatic rings. The van der Waals surface area contributed by atoms with Crippen LogP contribution < -0.4 is 0 Å². The average Bonchev–Trinajstić information content (AvgIpc) is 2.98. The molecule has 3 aromatic heterocycles. The van der Waals surface area contributed by atoms with Crippen LogP contribution in [-0.2, 0) is 0 Å². The zero-order valence-electron chi connectivity index (χ0n) is 20.3. The number of benzene rings is 3. The number of carbonyl (C=O) groups is 3. The largest absolute Gasteiger partial charge is 0.506 e. The molecule has 3 aromatic carbocycles. The van der Waals surface area contributed by atoms with Gasteiger partial charge in [0.05, 0.1) is 0 Å². The maximum atomic E-state index is 10.4. The highest BCUT2D eigenvalue weighted by Crippen LogP contribution is 2.23. The van der Waals surface area contributed by atoms with Crippen LogP contribution in [0.1, 0.15) is 31.5 Å². The molecule has 9 nitrogen and oxygen atoms in total. The van der Waals surface area contributed by atoms with E-state index in [1.54, 1.807) is 72.8 Å². The van der Waals surface area contributed by atoms with Crippen molar-refractivity contribution in [3.05, 3.63) is 108 Å². The van der Waals surface area contributed by atoms with Gasteiger partial charge in [0.25, 0.3) is 0 Å². The molecule has 0 saturated carbocycles. The van der Waals surface area contributed by atoms with Crippen molar-refractivity contribution >= 4 is 68.9 Å². The maximum absolute atomic E-state index is 10.4. The van der Waals surface area contributed by atoms with E-state index in [0.717, 1.165) is 16.2 Å². The zero-order chi connectivity index (χ0) is 27.8.